The average molecular weight is 472 g/mol. The predicted molar refractivity (Wildman–Crippen MR) is 133 cm³/mol. The number of likely N-dealkylation sites (N-methyl/N-ethyl adjacent to an activating group) is 1. The maximum Gasteiger partial charge on any atom is 0.239 e. The molecule has 0 radical (unpaired) electrons. The molecule has 33 heavy (non-hydrogen) atoms. The van der Waals surface area contributed by atoms with Crippen LogP contribution in [0.5, 0.6) is 0 Å². The number of fused-ring (bicyclic) bond motifs is 1. The summed E-state index contributed by atoms with van der Waals surface area (Å²) in [4.78, 5) is 25.4. The molecule has 2 atom stereocenters. The van der Waals surface area contributed by atoms with Crippen LogP contribution in [-0.2, 0) is 10.3 Å². The van der Waals surface area contributed by atoms with Gasteiger partial charge in [-0.2, -0.15) is 5.26 Å². The van der Waals surface area contributed by atoms with Gasteiger partial charge in [0.2, 0.25) is 5.91 Å². The molecular formula is C25H21N5OS2. The van der Waals surface area contributed by atoms with Crippen LogP contribution in [0.3, 0.4) is 0 Å². The van der Waals surface area contributed by atoms with E-state index in [9.17, 15) is 10.1 Å². The van der Waals surface area contributed by atoms with Crippen LogP contribution in [0.1, 0.15) is 33.9 Å². The molecule has 0 saturated carbocycles. The van der Waals surface area contributed by atoms with E-state index in [4.69, 9.17) is 10.7 Å². The molecule has 2 aromatic carbocycles. The van der Waals surface area contributed by atoms with Gasteiger partial charge >= 0.3 is 0 Å². The molecule has 0 saturated heterocycles. The third kappa shape index (κ3) is 3.50. The first-order valence-corrected chi connectivity index (χ1v) is 12.1. The molecule has 2 aromatic heterocycles. The Hall–Kier alpha value is -3.54. The van der Waals surface area contributed by atoms with E-state index in [1.165, 1.54) is 4.90 Å². The van der Waals surface area contributed by atoms with Gasteiger partial charge in [-0.25, -0.2) is 9.98 Å². The van der Waals surface area contributed by atoms with E-state index in [1.807, 2.05) is 55.6 Å². The van der Waals surface area contributed by atoms with Crippen molar-refractivity contribution < 1.29 is 4.79 Å². The average Bonchev–Trinajstić information content (AvgIpc) is 3.44. The van der Waals surface area contributed by atoms with Gasteiger partial charge in [-0.15, -0.1) is 22.7 Å². The number of benzene rings is 2. The molecule has 164 valence electrons. The molecule has 4 aromatic rings. The molecule has 1 aliphatic rings. The number of nitrogens with two attached hydrogens (primary N) is 1. The molecule has 8 heteroatoms. The summed E-state index contributed by atoms with van der Waals surface area (Å²) in [6.45, 7) is 3.95. The predicted octanol–water partition coefficient (Wildman–Crippen LogP) is 4.99. The summed E-state index contributed by atoms with van der Waals surface area (Å²) in [7, 11) is 1.66. The highest BCUT2D eigenvalue weighted by Crippen LogP contribution is 2.47. The number of nitrogens with zero attached hydrogens (tertiary/aromatic N) is 4. The van der Waals surface area contributed by atoms with Crippen molar-refractivity contribution in [3.8, 4) is 17.2 Å². The zero-order chi connectivity index (χ0) is 23.3. The number of hydrogen-bond acceptors (Lipinski definition) is 7. The van der Waals surface area contributed by atoms with E-state index in [-0.39, 0.29) is 11.9 Å². The number of amides is 1. The van der Waals surface area contributed by atoms with E-state index in [0.717, 1.165) is 36.8 Å². The molecule has 1 aliphatic heterocycles. The van der Waals surface area contributed by atoms with Crippen LogP contribution in [0.25, 0.3) is 21.3 Å². The Balaban J connectivity index is 1.64. The normalized spacial score (nSPS) is 20.7. The fourth-order valence-electron chi connectivity index (χ4n) is 4.35. The first-order valence-electron chi connectivity index (χ1n) is 10.4. The second-order valence-corrected chi connectivity index (χ2v) is 10.4. The van der Waals surface area contributed by atoms with E-state index in [0.29, 0.717) is 5.56 Å². The van der Waals surface area contributed by atoms with Crippen LogP contribution in [0.2, 0.25) is 0 Å². The van der Waals surface area contributed by atoms with Gasteiger partial charge in [0.05, 0.1) is 32.8 Å². The SMILES string of the molecule is Cc1nc2cc(C3C(=O)N(C)C(N)=N[C@]3(C)c3cc(-c4cccc(C#N)c4)cs3)ccc2s1. The molecule has 3 heterocycles. The first-order chi connectivity index (χ1) is 15.8. The molecule has 2 N–H and O–H groups in total. The topological polar surface area (TPSA) is 95.4 Å². The zero-order valence-corrected chi connectivity index (χ0v) is 20.0. The quantitative estimate of drug-likeness (QED) is 0.455. The van der Waals surface area contributed by atoms with Crippen LogP contribution in [0.15, 0.2) is 58.9 Å². The lowest BCUT2D eigenvalue weighted by Gasteiger charge is -2.40. The monoisotopic (exact) mass is 471 g/mol. The van der Waals surface area contributed by atoms with Crippen molar-refractivity contribution in [1.29, 1.82) is 5.26 Å². The summed E-state index contributed by atoms with van der Waals surface area (Å²) in [5.41, 5.74) is 9.60. The molecule has 5 rings (SSSR count). The van der Waals surface area contributed by atoms with Crippen molar-refractivity contribution >= 4 is 44.8 Å². The minimum Gasteiger partial charge on any atom is -0.369 e. The Labute approximate surface area is 199 Å². The Kier molecular flexibility index (Phi) is 5.04. The van der Waals surface area contributed by atoms with Gasteiger partial charge in [-0.3, -0.25) is 9.69 Å². The van der Waals surface area contributed by atoms with Gasteiger partial charge in [-0.1, -0.05) is 18.2 Å². The molecule has 0 spiro atoms. The van der Waals surface area contributed by atoms with E-state index in [2.05, 4.69) is 17.1 Å². The fourth-order valence-corrected chi connectivity index (χ4v) is 6.21. The fraction of sp³-hybridized carbons (Fsp3) is 0.200. The van der Waals surface area contributed by atoms with Crippen molar-refractivity contribution in [1.82, 2.24) is 9.88 Å². The van der Waals surface area contributed by atoms with Crippen LogP contribution in [0, 0.1) is 18.3 Å². The smallest absolute Gasteiger partial charge is 0.239 e. The highest BCUT2D eigenvalue weighted by Gasteiger charge is 2.48. The number of thiazole rings is 1. The number of hydrogen-bond donors (Lipinski definition) is 1. The van der Waals surface area contributed by atoms with Crippen molar-refractivity contribution in [3.05, 3.63) is 74.9 Å². The summed E-state index contributed by atoms with van der Waals surface area (Å²) >= 11 is 3.18. The van der Waals surface area contributed by atoms with Crippen LogP contribution in [0.4, 0.5) is 0 Å². The van der Waals surface area contributed by atoms with Crippen LogP contribution >= 0.6 is 22.7 Å². The highest BCUT2D eigenvalue weighted by molar-refractivity contribution is 7.18. The van der Waals surface area contributed by atoms with Gasteiger partial charge in [-0.05, 0) is 66.2 Å². The van der Waals surface area contributed by atoms with Gasteiger partial charge in [0.15, 0.2) is 5.96 Å². The largest absolute Gasteiger partial charge is 0.369 e. The lowest BCUT2D eigenvalue weighted by molar-refractivity contribution is -0.130. The number of carbonyl (C=O) groups excluding carboxylic acids is 1. The van der Waals surface area contributed by atoms with Crippen molar-refractivity contribution in [3.63, 3.8) is 0 Å². The maximum atomic E-state index is 13.5. The van der Waals surface area contributed by atoms with Gasteiger partial charge in [0, 0.05) is 11.9 Å². The molecular weight excluding hydrogens is 450 g/mol. The maximum absolute atomic E-state index is 13.5. The summed E-state index contributed by atoms with van der Waals surface area (Å²) in [5, 5.41) is 12.3. The Morgan fingerprint density at radius 3 is 2.79 bits per heavy atom. The number of thiophene rings is 1. The standard InChI is InChI=1S/C25H21N5OS2/c1-14-28-19-10-17(7-8-20(19)33-14)22-23(31)30(3)24(27)29-25(22,2)21-11-18(13-32-21)16-6-4-5-15(9-16)12-26/h4-11,13,22H,1-3H3,(H2,27,29)/t22?,25-/m1/s1. The summed E-state index contributed by atoms with van der Waals surface area (Å²) in [6.07, 6.45) is 0. The van der Waals surface area contributed by atoms with Gasteiger partial charge < -0.3 is 5.73 Å². The Morgan fingerprint density at radius 2 is 2.00 bits per heavy atom. The number of guanidine groups is 1. The zero-order valence-electron chi connectivity index (χ0n) is 18.4. The highest BCUT2D eigenvalue weighted by atomic mass is 32.1. The number of aliphatic imine (C=N–C) groups is 1. The minimum absolute atomic E-state index is 0.0993. The van der Waals surface area contributed by atoms with E-state index in [1.54, 1.807) is 35.8 Å². The molecule has 1 amide bonds. The summed E-state index contributed by atoms with van der Waals surface area (Å²) in [6, 6.07) is 17.7. The Bertz CT molecular complexity index is 1480. The second-order valence-electron chi connectivity index (χ2n) is 8.30. The third-order valence-electron chi connectivity index (χ3n) is 6.11. The lowest BCUT2D eigenvalue weighted by Crippen LogP contribution is -2.52. The van der Waals surface area contributed by atoms with E-state index >= 15 is 0 Å². The minimum atomic E-state index is -0.873. The van der Waals surface area contributed by atoms with E-state index < -0.39 is 11.5 Å². The van der Waals surface area contributed by atoms with Gasteiger partial charge in [0.25, 0.3) is 0 Å². The number of aromatic nitrogens is 1. The molecule has 0 aliphatic carbocycles. The number of carbonyl (C=O) groups is 1. The van der Waals surface area contributed by atoms with Gasteiger partial charge in [0.1, 0.15) is 5.54 Å². The Morgan fingerprint density at radius 1 is 1.18 bits per heavy atom. The van der Waals surface area contributed by atoms with Crippen LogP contribution in [-0.4, -0.2) is 28.8 Å². The molecule has 0 fully saturated rings. The molecule has 6 nitrogen and oxygen atoms in total. The molecule has 1 unspecified atom stereocenters. The van der Waals surface area contributed by atoms with Crippen molar-refractivity contribution in [2.45, 2.75) is 25.3 Å². The third-order valence-corrected chi connectivity index (χ3v) is 8.21. The number of nitriles is 1. The lowest BCUT2D eigenvalue weighted by atomic mass is 9.77. The molecule has 0 bridgehead atoms. The second kappa shape index (κ2) is 7.80. The number of rotatable bonds is 3. The van der Waals surface area contributed by atoms with Crippen LogP contribution < -0.4 is 5.73 Å². The van der Waals surface area contributed by atoms with Crippen molar-refractivity contribution in [2.24, 2.45) is 10.7 Å². The number of aryl methyl sites for hydroxylation is 1. The summed E-state index contributed by atoms with van der Waals surface area (Å²) < 4.78 is 1.09. The summed E-state index contributed by atoms with van der Waals surface area (Å²) in [5.74, 6) is -0.443. The first kappa shape index (κ1) is 21.3. The van der Waals surface area contributed by atoms with Crippen molar-refractivity contribution in [2.75, 3.05) is 7.05 Å².